The maximum atomic E-state index is 5.03. The van der Waals surface area contributed by atoms with E-state index in [0.29, 0.717) is 23.2 Å². The summed E-state index contributed by atoms with van der Waals surface area (Å²) in [6.45, 7) is 0. The highest BCUT2D eigenvalue weighted by molar-refractivity contribution is 9.10. The molecule has 0 bridgehead atoms. The van der Waals surface area contributed by atoms with Crippen molar-refractivity contribution in [3.8, 4) is 17.4 Å². The molecule has 0 fully saturated rings. The molecule has 0 aliphatic heterocycles. The monoisotopic (exact) mass is 295 g/mol. The number of hydrogen-bond acceptors (Lipinski definition) is 6. The van der Waals surface area contributed by atoms with Crippen LogP contribution in [0.1, 0.15) is 0 Å². The van der Waals surface area contributed by atoms with Crippen molar-refractivity contribution in [3.63, 3.8) is 0 Å². The van der Waals surface area contributed by atoms with Gasteiger partial charge in [-0.2, -0.15) is 0 Å². The van der Waals surface area contributed by atoms with Crippen LogP contribution in [0.3, 0.4) is 0 Å². The fourth-order valence-corrected chi connectivity index (χ4v) is 1.63. The van der Waals surface area contributed by atoms with Gasteiger partial charge in [0.05, 0.1) is 11.6 Å². The van der Waals surface area contributed by atoms with Crippen molar-refractivity contribution in [2.75, 3.05) is 19.5 Å². The van der Waals surface area contributed by atoms with Crippen LogP contribution in [0.4, 0.5) is 5.82 Å². The summed E-state index contributed by atoms with van der Waals surface area (Å²) in [5, 5.41) is 2.96. The van der Waals surface area contributed by atoms with Crippen LogP contribution in [-0.4, -0.2) is 34.1 Å². The summed E-state index contributed by atoms with van der Waals surface area (Å²) in [4.78, 5) is 16.5. The zero-order chi connectivity index (χ0) is 12.3. The van der Waals surface area contributed by atoms with Gasteiger partial charge in [-0.05, 0) is 15.9 Å². The molecule has 1 N–H and O–H groups in total. The van der Waals surface area contributed by atoms with Crippen molar-refractivity contribution >= 4 is 21.7 Å². The van der Waals surface area contributed by atoms with Gasteiger partial charge in [0.15, 0.2) is 5.82 Å². The van der Waals surface area contributed by atoms with Crippen molar-refractivity contribution in [2.24, 2.45) is 0 Å². The molecule has 0 spiro atoms. The number of anilines is 1. The van der Waals surface area contributed by atoms with Crippen molar-refractivity contribution in [2.45, 2.75) is 0 Å². The van der Waals surface area contributed by atoms with Crippen LogP contribution in [-0.2, 0) is 0 Å². The molecule has 6 nitrogen and oxygen atoms in total. The minimum absolute atomic E-state index is 0.479. The Bertz CT molecular complexity index is 534. The third kappa shape index (κ3) is 2.50. The quantitative estimate of drug-likeness (QED) is 0.930. The normalized spacial score (nSPS) is 10.1. The zero-order valence-corrected chi connectivity index (χ0v) is 10.9. The molecule has 2 aromatic rings. The fourth-order valence-electron chi connectivity index (χ4n) is 1.24. The number of hydrogen-bond donors (Lipinski definition) is 1. The van der Waals surface area contributed by atoms with E-state index in [1.807, 2.05) is 0 Å². The number of methoxy groups -OCH3 is 1. The molecule has 0 aliphatic carbocycles. The van der Waals surface area contributed by atoms with E-state index in [1.165, 1.54) is 6.33 Å². The van der Waals surface area contributed by atoms with Crippen LogP contribution in [0, 0.1) is 0 Å². The first-order chi connectivity index (χ1) is 8.24. The van der Waals surface area contributed by atoms with Crippen molar-refractivity contribution in [1.29, 1.82) is 0 Å². The minimum atomic E-state index is 0.479. The molecule has 2 heterocycles. The molecule has 0 saturated heterocycles. The standard InChI is InChI=1S/C10H10BrN5O/c1-12-9-6(11)4-13-10(16-9)7-3-8(17-2)15-5-14-7/h3-5H,1-2H3,(H,12,13,16). The number of aromatic nitrogens is 4. The van der Waals surface area contributed by atoms with Crippen molar-refractivity contribution in [1.82, 2.24) is 19.9 Å². The van der Waals surface area contributed by atoms with Gasteiger partial charge in [0, 0.05) is 19.3 Å². The van der Waals surface area contributed by atoms with Crippen LogP contribution in [0.25, 0.3) is 11.5 Å². The van der Waals surface area contributed by atoms with Gasteiger partial charge >= 0.3 is 0 Å². The highest BCUT2D eigenvalue weighted by Crippen LogP contribution is 2.22. The van der Waals surface area contributed by atoms with E-state index in [0.717, 1.165) is 4.47 Å². The number of nitrogens with zero attached hydrogens (tertiary/aromatic N) is 4. The molecule has 88 valence electrons. The van der Waals surface area contributed by atoms with Gasteiger partial charge in [-0.25, -0.2) is 19.9 Å². The Balaban J connectivity index is 2.45. The second-order valence-corrected chi connectivity index (χ2v) is 3.94. The number of rotatable bonds is 3. The second-order valence-electron chi connectivity index (χ2n) is 3.09. The number of halogens is 1. The average molecular weight is 296 g/mol. The summed E-state index contributed by atoms with van der Waals surface area (Å²) in [6.07, 6.45) is 3.08. The Labute approximate surface area is 107 Å². The van der Waals surface area contributed by atoms with Gasteiger partial charge < -0.3 is 10.1 Å². The zero-order valence-electron chi connectivity index (χ0n) is 9.31. The lowest BCUT2D eigenvalue weighted by Gasteiger charge is -2.05. The summed E-state index contributed by atoms with van der Waals surface area (Å²) in [5.41, 5.74) is 0.612. The molecule has 0 unspecified atom stereocenters. The molecule has 0 aliphatic rings. The summed E-state index contributed by atoms with van der Waals surface area (Å²) in [5.74, 6) is 1.69. The lowest BCUT2D eigenvalue weighted by Crippen LogP contribution is -1.99. The lowest BCUT2D eigenvalue weighted by atomic mass is 10.3. The first kappa shape index (κ1) is 11.7. The lowest BCUT2D eigenvalue weighted by molar-refractivity contribution is 0.397. The number of nitrogens with one attached hydrogen (secondary N) is 1. The van der Waals surface area contributed by atoms with Gasteiger partial charge in [0.1, 0.15) is 17.8 Å². The predicted molar refractivity (Wildman–Crippen MR) is 66.9 cm³/mol. The van der Waals surface area contributed by atoms with E-state index in [1.54, 1.807) is 26.4 Å². The molecule has 0 atom stereocenters. The van der Waals surface area contributed by atoms with E-state index < -0.39 is 0 Å². The Morgan fingerprint density at radius 1 is 1.29 bits per heavy atom. The molecule has 0 amide bonds. The predicted octanol–water partition coefficient (Wildman–Crippen LogP) is 1.75. The van der Waals surface area contributed by atoms with Gasteiger partial charge in [-0.3, -0.25) is 0 Å². The van der Waals surface area contributed by atoms with Gasteiger partial charge in [-0.15, -0.1) is 0 Å². The number of ether oxygens (including phenoxy) is 1. The van der Waals surface area contributed by atoms with Gasteiger partial charge in [0.25, 0.3) is 0 Å². The van der Waals surface area contributed by atoms with Crippen LogP contribution in [0.5, 0.6) is 5.88 Å². The summed E-state index contributed by atoms with van der Waals surface area (Å²) in [6, 6.07) is 1.68. The summed E-state index contributed by atoms with van der Waals surface area (Å²) < 4.78 is 5.82. The maximum absolute atomic E-state index is 5.03. The minimum Gasteiger partial charge on any atom is -0.481 e. The first-order valence-electron chi connectivity index (χ1n) is 4.81. The molecule has 0 radical (unpaired) electrons. The molecule has 0 saturated carbocycles. The highest BCUT2D eigenvalue weighted by Gasteiger charge is 2.08. The van der Waals surface area contributed by atoms with E-state index in [-0.39, 0.29) is 0 Å². The molecular weight excluding hydrogens is 286 g/mol. The molecule has 17 heavy (non-hydrogen) atoms. The van der Waals surface area contributed by atoms with Crippen LogP contribution < -0.4 is 10.1 Å². The molecule has 2 aromatic heterocycles. The Kier molecular flexibility index (Phi) is 3.48. The Hall–Kier alpha value is -1.76. The van der Waals surface area contributed by atoms with Gasteiger partial charge in [-0.1, -0.05) is 0 Å². The molecule has 7 heteroatoms. The first-order valence-corrected chi connectivity index (χ1v) is 5.60. The van der Waals surface area contributed by atoms with Crippen LogP contribution in [0.2, 0.25) is 0 Å². The topological polar surface area (TPSA) is 72.8 Å². The molecular formula is C10H10BrN5O. The smallest absolute Gasteiger partial charge is 0.216 e. The third-order valence-electron chi connectivity index (χ3n) is 2.06. The van der Waals surface area contributed by atoms with E-state index >= 15 is 0 Å². The van der Waals surface area contributed by atoms with Crippen LogP contribution in [0.15, 0.2) is 23.1 Å². The summed E-state index contributed by atoms with van der Waals surface area (Å²) in [7, 11) is 3.34. The Morgan fingerprint density at radius 3 is 2.82 bits per heavy atom. The van der Waals surface area contributed by atoms with E-state index in [9.17, 15) is 0 Å². The van der Waals surface area contributed by atoms with Crippen molar-refractivity contribution in [3.05, 3.63) is 23.1 Å². The van der Waals surface area contributed by atoms with E-state index in [4.69, 9.17) is 4.74 Å². The van der Waals surface area contributed by atoms with E-state index in [2.05, 4.69) is 41.2 Å². The maximum Gasteiger partial charge on any atom is 0.216 e. The molecule has 0 aromatic carbocycles. The highest BCUT2D eigenvalue weighted by atomic mass is 79.9. The van der Waals surface area contributed by atoms with Crippen LogP contribution >= 0.6 is 15.9 Å². The summed E-state index contributed by atoms with van der Waals surface area (Å²) >= 11 is 3.35. The molecule has 2 rings (SSSR count). The Morgan fingerprint density at radius 2 is 2.12 bits per heavy atom. The second kappa shape index (κ2) is 5.05. The fraction of sp³-hybridized carbons (Fsp3) is 0.200. The van der Waals surface area contributed by atoms with Gasteiger partial charge in [0.2, 0.25) is 5.88 Å². The largest absolute Gasteiger partial charge is 0.481 e. The third-order valence-corrected chi connectivity index (χ3v) is 2.64. The average Bonchev–Trinajstić information content (AvgIpc) is 2.39. The SMILES string of the molecule is CNc1nc(-c2cc(OC)ncn2)ncc1Br. The van der Waals surface area contributed by atoms with Crippen molar-refractivity contribution < 1.29 is 4.74 Å².